The Bertz CT molecular complexity index is 390. The molecule has 0 amide bonds. The number of ether oxygens (including phenoxy) is 1. The molecular weight excluding hydrogens is 302 g/mol. The molecule has 1 rings (SSSR count). The van der Waals surface area contributed by atoms with Crippen molar-refractivity contribution >= 4 is 15.9 Å². The van der Waals surface area contributed by atoms with E-state index in [1.807, 2.05) is 6.07 Å². The summed E-state index contributed by atoms with van der Waals surface area (Å²) in [6.07, 6.45) is 1.10. The van der Waals surface area contributed by atoms with Gasteiger partial charge in [0.15, 0.2) is 0 Å². The predicted molar refractivity (Wildman–Crippen MR) is 85.9 cm³/mol. The molecule has 0 radical (unpaired) electrons. The fourth-order valence-corrected chi connectivity index (χ4v) is 2.66. The lowest BCUT2D eigenvalue weighted by atomic mass is 9.89. The summed E-state index contributed by atoms with van der Waals surface area (Å²) in [5.74, 6) is 2.22. The molecule has 0 spiro atoms. The third kappa shape index (κ3) is 5.53. The van der Waals surface area contributed by atoms with E-state index in [0.717, 1.165) is 23.2 Å². The summed E-state index contributed by atoms with van der Waals surface area (Å²) >= 11 is 3.56. The standard InChI is InChI=1S/C16H26BrNO/c1-11(2)14(10-18-12(3)4)8-13-6-7-16(19-5)15(17)9-13/h6-7,9,11-12,14,18H,8,10H2,1-5H3. The Kier molecular flexibility index (Phi) is 6.87. The summed E-state index contributed by atoms with van der Waals surface area (Å²) in [6.45, 7) is 10.1. The molecule has 0 aromatic heterocycles. The fourth-order valence-electron chi connectivity index (χ4n) is 2.07. The second-order valence-electron chi connectivity index (χ2n) is 5.74. The van der Waals surface area contributed by atoms with Crippen LogP contribution in [0.4, 0.5) is 0 Å². The van der Waals surface area contributed by atoms with Crippen molar-refractivity contribution in [3.63, 3.8) is 0 Å². The second-order valence-corrected chi connectivity index (χ2v) is 6.59. The van der Waals surface area contributed by atoms with E-state index in [1.54, 1.807) is 7.11 Å². The Labute approximate surface area is 126 Å². The molecule has 0 aliphatic carbocycles. The van der Waals surface area contributed by atoms with Crippen LogP contribution in [0.25, 0.3) is 0 Å². The maximum Gasteiger partial charge on any atom is 0.133 e. The molecule has 0 saturated carbocycles. The Morgan fingerprint density at radius 3 is 2.37 bits per heavy atom. The highest BCUT2D eigenvalue weighted by Gasteiger charge is 2.15. The summed E-state index contributed by atoms with van der Waals surface area (Å²) in [7, 11) is 1.70. The van der Waals surface area contributed by atoms with E-state index in [-0.39, 0.29) is 0 Å². The highest BCUT2D eigenvalue weighted by Crippen LogP contribution is 2.27. The van der Waals surface area contributed by atoms with Gasteiger partial charge in [-0.1, -0.05) is 33.8 Å². The van der Waals surface area contributed by atoms with Crippen molar-refractivity contribution in [3.8, 4) is 5.75 Å². The van der Waals surface area contributed by atoms with E-state index < -0.39 is 0 Å². The molecule has 0 heterocycles. The van der Waals surface area contributed by atoms with Gasteiger partial charge in [0.05, 0.1) is 11.6 Å². The molecule has 0 bridgehead atoms. The van der Waals surface area contributed by atoms with Crippen LogP contribution < -0.4 is 10.1 Å². The van der Waals surface area contributed by atoms with Gasteiger partial charge in [-0.25, -0.2) is 0 Å². The van der Waals surface area contributed by atoms with E-state index in [1.165, 1.54) is 5.56 Å². The molecule has 2 nitrogen and oxygen atoms in total. The lowest BCUT2D eigenvalue weighted by molar-refractivity contribution is 0.349. The van der Waals surface area contributed by atoms with E-state index >= 15 is 0 Å². The van der Waals surface area contributed by atoms with Gasteiger partial charge in [0.2, 0.25) is 0 Å². The molecule has 3 heteroatoms. The number of rotatable bonds is 7. The highest BCUT2D eigenvalue weighted by atomic mass is 79.9. The third-order valence-corrected chi connectivity index (χ3v) is 4.06. The number of methoxy groups -OCH3 is 1. The maximum absolute atomic E-state index is 5.27. The average molecular weight is 328 g/mol. The first-order valence-electron chi connectivity index (χ1n) is 6.99. The topological polar surface area (TPSA) is 21.3 Å². The number of halogens is 1. The van der Waals surface area contributed by atoms with Gasteiger partial charge in [0, 0.05) is 6.04 Å². The van der Waals surface area contributed by atoms with Crippen molar-refractivity contribution in [2.45, 2.75) is 40.2 Å². The molecule has 1 aromatic rings. The van der Waals surface area contributed by atoms with Gasteiger partial charge in [-0.2, -0.15) is 0 Å². The van der Waals surface area contributed by atoms with Gasteiger partial charge in [-0.15, -0.1) is 0 Å². The van der Waals surface area contributed by atoms with Crippen molar-refractivity contribution in [3.05, 3.63) is 28.2 Å². The van der Waals surface area contributed by atoms with Gasteiger partial charge < -0.3 is 10.1 Å². The van der Waals surface area contributed by atoms with Gasteiger partial charge in [-0.3, -0.25) is 0 Å². The van der Waals surface area contributed by atoms with Gasteiger partial charge in [0.25, 0.3) is 0 Å². The third-order valence-electron chi connectivity index (χ3n) is 3.45. The lowest BCUT2D eigenvalue weighted by Gasteiger charge is -2.23. The average Bonchev–Trinajstić information content (AvgIpc) is 2.34. The zero-order chi connectivity index (χ0) is 14.4. The minimum absolute atomic E-state index is 0.545. The summed E-state index contributed by atoms with van der Waals surface area (Å²) < 4.78 is 6.31. The van der Waals surface area contributed by atoms with Crippen LogP contribution >= 0.6 is 15.9 Å². The largest absolute Gasteiger partial charge is 0.496 e. The first kappa shape index (κ1) is 16.5. The van der Waals surface area contributed by atoms with Crippen molar-refractivity contribution in [2.75, 3.05) is 13.7 Å². The smallest absolute Gasteiger partial charge is 0.133 e. The minimum atomic E-state index is 0.545. The van der Waals surface area contributed by atoms with Crippen molar-refractivity contribution in [1.29, 1.82) is 0 Å². The molecule has 19 heavy (non-hydrogen) atoms. The number of benzene rings is 1. The molecule has 0 saturated heterocycles. The number of hydrogen-bond donors (Lipinski definition) is 1. The fraction of sp³-hybridized carbons (Fsp3) is 0.625. The van der Waals surface area contributed by atoms with Crippen molar-refractivity contribution in [2.24, 2.45) is 11.8 Å². The zero-order valence-corrected chi connectivity index (χ0v) is 14.3. The van der Waals surface area contributed by atoms with Crippen LogP contribution in [0.3, 0.4) is 0 Å². The molecule has 1 aromatic carbocycles. The Morgan fingerprint density at radius 1 is 1.21 bits per heavy atom. The predicted octanol–water partition coefficient (Wildman–Crippen LogP) is 4.27. The van der Waals surface area contributed by atoms with Crippen molar-refractivity contribution < 1.29 is 4.74 Å². The van der Waals surface area contributed by atoms with Crippen molar-refractivity contribution in [1.82, 2.24) is 5.32 Å². The molecule has 1 N–H and O–H groups in total. The van der Waals surface area contributed by atoms with E-state index in [0.29, 0.717) is 17.9 Å². The molecule has 0 aliphatic heterocycles. The Hall–Kier alpha value is -0.540. The summed E-state index contributed by atoms with van der Waals surface area (Å²) in [5.41, 5.74) is 1.36. The van der Waals surface area contributed by atoms with E-state index in [4.69, 9.17) is 4.74 Å². The summed E-state index contributed by atoms with van der Waals surface area (Å²) in [4.78, 5) is 0. The van der Waals surface area contributed by atoms with Crippen LogP contribution in [0, 0.1) is 11.8 Å². The SMILES string of the molecule is COc1ccc(CC(CNC(C)C)C(C)C)cc1Br. The van der Waals surface area contributed by atoms with Crippen LogP contribution in [0.1, 0.15) is 33.3 Å². The summed E-state index contributed by atoms with van der Waals surface area (Å²) in [6, 6.07) is 6.91. The normalized spacial score (nSPS) is 13.1. The van der Waals surface area contributed by atoms with Crippen LogP contribution in [0.15, 0.2) is 22.7 Å². The van der Waals surface area contributed by atoms with Gasteiger partial charge in [-0.05, 0) is 58.4 Å². The first-order chi connectivity index (χ1) is 8.93. The molecule has 1 atom stereocenters. The molecular formula is C16H26BrNO. The Balaban J connectivity index is 2.70. The van der Waals surface area contributed by atoms with Gasteiger partial charge in [0.1, 0.15) is 5.75 Å². The lowest BCUT2D eigenvalue weighted by Crippen LogP contribution is -2.32. The second kappa shape index (κ2) is 7.91. The Morgan fingerprint density at radius 2 is 1.89 bits per heavy atom. The van der Waals surface area contributed by atoms with Crippen LogP contribution in [0.5, 0.6) is 5.75 Å². The molecule has 1 unspecified atom stereocenters. The minimum Gasteiger partial charge on any atom is -0.496 e. The van der Waals surface area contributed by atoms with Crippen LogP contribution in [0.2, 0.25) is 0 Å². The highest BCUT2D eigenvalue weighted by molar-refractivity contribution is 9.10. The quantitative estimate of drug-likeness (QED) is 0.807. The van der Waals surface area contributed by atoms with Crippen LogP contribution in [-0.4, -0.2) is 19.7 Å². The van der Waals surface area contributed by atoms with Crippen LogP contribution in [-0.2, 0) is 6.42 Å². The van der Waals surface area contributed by atoms with E-state index in [9.17, 15) is 0 Å². The summed E-state index contributed by atoms with van der Waals surface area (Å²) in [5, 5.41) is 3.55. The van der Waals surface area contributed by atoms with Gasteiger partial charge >= 0.3 is 0 Å². The number of nitrogens with one attached hydrogen (secondary N) is 1. The molecule has 0 fully saturated rings. The number of hydrogen-bond acceptors (Lipinski definition) is 2. The zero-order valence-electron chi connectivity index (χ0n) is 12.7. The maximum atomic E-state index is 5.27. The molecule has 0 aliphatic rings. The van der Waals surface area contributed by atoms with E-state index in [2.05, 4.69) is 61.1 Å². The first-order valence-corrected chi connectivity index (χ1v) is 7.79. The monoisotopic (exact) mass is 327 g/mol. The molecule has 108 valence electrons.